The van der Waals surface area contributed by atoms with Gasteiger partial charge >= 0.3 is 0 Å². The number of nitrogens with zero attached hydrogens (tertiary/aromatic N) is 2. The van der Waals surface area contributed by atoms with Gasteiger partial charge in [0.15, 0.2) is 0 Å². The standard InChI is InChI=1S/C12H17N3O3/c1-15(8-12(18)4-2-3-5-12)11(17)9-6-14-10(16)7-13-9/h6-7,18H,2-5,8H2,1H3,(H,14,16). The van der Waals surface area contributed by atoms with Crippen molar-refractivity contribution in [1.29, 1.82) is 0 Å². The number of likely N-dealkylation sites (N-methyl/N-ethyl adjacent to an activating group) is 1. The molecular weight excluding hydrogens is 234 g/mol. The van der Waals surface area contributed by atoms with Gasteiger partial charge in [0.1, 0.15) is 5.69 Å². The van der Waals surface area contributed by atoms with Crippen LogP contribution in [-0.4, -0.2) is 45.1 Å². The molecule has 6 nitrogen and oxygen atoms in total. The smallest absolute Gasteiger partial charge is 0.273 e. The SMILES string of the molecule is CN(CC1(O)CCCC1)C(=O)c1c[nH]c(=O)cn1. The van der Waals surface area contributed by atoms with E-state index in [1.807, 2.05) is 0 Å². The highest BCUT2D eigenvalue weighted by Crippen LogP contribution is 2.30. The molecule has 6 heteroatoms. The minimum atomic E-state index is -0.771. The van der Waals surface area contributed by atoms with Gasteiger partial charge < -0.3 is 15.0 Å². The topological polar surface area (TPSA) is 86.3 Å². The fourth-order valence-corrected chi connectivity index (χ4v) is 2.36. The van der Waals surface area contributed by atoms with Crippen molar-refractivity contribution in [3.8, 4) is 0 Å². The van der Waals surface area contributed by atoms with Gasteiger partial charge in [-0.05, 0) is 12.8 Å². The Balaban J connectivity index is 2.04. The highest BCUT2D eigenvalue weighted by molar-refractivity contribution is 5.91. The van der Waals surface area contributed by atoms with Gasteiger partial charge in [-0.3, -0.25) is 9.59 Å². The van der Waals surface area contributed by atoms with E-state index in [0.717, 1.165) is 31.9 Å². The van der Waals surface area contributed by atoms with Gasteiger partial charge in [-0.2, -0.15) is 0 Å². The molecule has 0 spiro atoms. The molecular formula is C12H17N3O3. The summed E-state index contributed by atoms with van der Waals surface area (Å²) in [6, 6.07) is 0. The van der Waals surface area contributed by atoms with Gasteiger partial charge in [-0.1, -0.05) is 12.8 Å². The lowest BCUT2D eigenvalue weighted by Crippen LogP contribution is -2.42. The van der Waals surface area contributed by atoms with Crippen molar-refractivity contribution >= 4 is 5.91 Å². The number of aromatic nitrogens is 2. The lowest BCUT2D eigenvalue weighted by atomic mass is 10.0. The van der Waals surface area contributed by atoms with E-state index >= 15 is 0 Å². The molecule has 2 rings (SSSR count). The summed E-state index contributed by atoms with van der Waals surface area (Å²) in [7, 11) is 1.63. The van der Waals surface area contributed by atoms with E-state index in [0.29, 0.717) is 6.54 Å². The number of rotatable bonds is 3. The number of aromatic amines is 1. The Labute approximate surface area is 105 Å². The Morgan fingerprint density at radius 3 is 2.78 bits per heavy atom. The molecule has 0 saturated heterocycles. The molecule has 0 aliphatic heterocycles. The summed E-state index contributed by atoms with van der Waals surface area (Å²) in [5.41, 5.74) is -0.936. The van der Waals surface area contributed by atoms with Crippen LogP contribution in [0.2, 0.25) is 0 Å². The van der Waals surface area contributed by atoms with Crippen molar-refractivity contribution in [2.24, 2.45) is 0 Å². The summed E-state index contributed by atoms with van der Waals surface area (Å²) >= 11 is 0. The van der Waals surface area contributed by atoms with Gasteiger partial charge in [0, 0.05) is 19.8 Å². The molecule has 1 aromatic heterocycles. The summed E-state index contributed by atoms with van der Waals surface area (Å²) in [5, 5.41) is 10.2. The number of aliphatic hydroxyl groups is 1. The summed E-state index contributed by atoms with van der Waals surface area (Å²) in [4.78, 5) is 30.5. The maximum absolute atomic E-state index is 12.0. The van der Waals surface area contributed by atoms with Crippen LogP contribution in [0.15, 0.2) is 17.2 Å². The number of amides is 1. The van der Waals surface area contributed by atoms with Crippen molar-refractivity contribution in [2.45, 2.75) is 31.3 Å². The fraction of sp³-hybridized carbons (Fsp3) is 0.583. The summed E-state index contributed by atoms with van der Waals surface area (Å²) in [5.74, 6) is -0.299. The fourth-order valence-electron chi connectivity index (χ4n) is 2.36. The Morgan fingerprint density at radius 2 is 2.22 bits per heavy atom. The van der Waals surface area contributed by atoms with E-state index in [1.54, 1.807) is 7.05 Å². The molecule has 1 saturated carbocycles. The number of nitrogens with one attached hydrogen (secondary N) is 1. The number of hydrogen-bond donors (Lipinski definition) is 2. The molecule has 98 valence electrons. The Kier molecular flexibility index (Phi) is 3.47. The molecule has 0 aromatic carbocycles. The Hall–Kier alpha value is -1.69. The monoisotopic (exact) mass is 251 g/mol. The molecule has 2 N–H and O–H groups in total. The molecule has 18 heavy (non-hydrogen) atoms. The lowest BCUT2D eigenvalue weighted by Gasteiger charge is -2.28. The first kappa shape index (κ1) is 12.8. The largest absolute Gasteiger partial charge is 0.388 e. The molecule has 1 fully saturated rings. The molecule has 0 radical (unpaired) electrons. The Bertz CT molecular complexity index is 471. The van der Waals surface area contributed by atoms with E-state index in [4.69, 9.17) is 0 Å². The van der Waals surface area contributed by atoms with E-state index in [1.165, 1.54) is 11.1 Å². The number of carbonyl (C=O) groups is 1. The summed E-state index contributed by atoms with van der Waals surface area (Å²) in [6.07, 6.45) is 5.81. The van der Waals surface area contributed by atoms with Gasteiger partial charge in [0.25, 0.3) is 11.5 Å². The van der Waals surface area contributed by atoms with Crippen LogP contribution in [0.5, 0.6) is 0 Å². The van der Waals surface area contributed by atoms with Crippen molar-refractivity contribution < 1.29 is 9.90 Å². The number of H-pyrrole nitrogens is 1. The van der Waals surface area contributed by atoms with Crippen molar-refractivity contribution in [3.05, 3.63) is 28.4 Å². The third-order valence-corrected chi connectivity index (χ3v) is 3.30. The zero-order valence-corrected chi connectivity index (χ0v) is 10.3. The first-order valence-electron chi connectivity index (χ1n) is 6.03. The zero-order chi connectivity index (χ0) is 13.2. The van der Waals surface area contributed by atoms with Gasteiger partial charge in [0.2, 0.25) is 0 Å². The maximum Gasteiger partial charge on any atom is 0.273 e. The molecule has 1 amide bonds. The highest BCUT2D eigenvalue weighted by Gasteiger charge is 2.33. The van der Waals surface area contributed by atoms with E-state index in [-0.39, 0.29) is 17.2 Å². The predicted octanol–water partition coefficient (Wildman–Crippen LogP) is 0.147. The third kappa shape index (κ3) is 2.76. The predicted molar refractivity (Wildman–Crippen MR) is 65.2 cm³/mol. The molecule has 0 unspecified atom stereocenters. The molecule has 1 heterocycles. The van der Waals surface area contributed by atoms with E-state index < -0.39 is 5.60 Å². The van der Waals surface area contributed by atoms with E-state index in [9.17, 15) is 14.7 Å². The zero-order valence-electron chi connectivity index (χ0n) is 10.3. The van der Waals surface area contributed by atoms with Crippen LogP contribution >= 0.6 is 0 Å². The van der Waals surface area contributed by atoms with Crippen LogP contribution in [-0.2, 0) is 0 Å². The first-order valence-corrected chi connectivity index (χ1v) is 6.03. The minimum Gasteiger partial charge on any atom is -0.388 e. The molecule has 1 aliphatic rings. The maximum atomic E-state index is 12.0. The molecule has 1 aromatic rings. The number of carbonyl (C=O) groups excluding carboxylic acids is 1. The minimum absolute atomic E-state index is 0.179. The second kappa shape index (κ2) is 4.89. The summed E-state index contributed by atoms with van der Waals surface area (Å²) < 4.78 is 0. The average Bonchev–Trinajstić information content (AvgIpc) is 2.76. The van der Waals surface area contributed by atoms with Crippen molar-refractivity contribution in [1.82, 2.24) is 14.9 Å². The second-order valence-corrected chi connectivity index (χ2v) is 4.89. The Morgan fingerprint density at radius 1 is 1.56 bits per heavy atom. The van der Waals surface area contributed by atoms with Gasteiger partial charge in [-0.15, -0.1) is 0 Å². The van der Waals surface area contributed by atoms with Crippen molar-refractivity contribution in [2.75, 3.05) is 13.6 Å². The quantitative estimate of drug-likeness (QED) is 0.800. The van der Waals surface area contributed by atoms with Crippen LogP contribution in [0.1, 0.15) is 36.2 Å². The lowest BCUT2D eigenvalue weighted by molar-refractivity contribution is 0.0154. The third-order valence-electron chi connectivity index (χ3n) is 3.30. The van der Waals surface area contributed by atoms with Gasteiger partial charge in [-0.25, -0.2) is 4.98 Å². The normalized spacial score (nSPS) is 17.7. The second-order valence-electron chi connectivity index (χ2n) is 4.89. The van der Waals surface area contributed by atoms with Crippen LogP contribution in [0.25, 0.3) is 0 Å². The average molecular weight is 251 g/mol. The van der Waals surface area contributed by atoms with E-state index in [2.05, 4.69) is 9.97 Å². The van der Waals surface area contributed by atoms with Crippen LogP contribution in [0.4, 0.5) is 0 Å². The summed E-state index contributed by atoms with van der Waals surface area (Å²) in [6.45, 7) is 0.298. The number of hydrogen-bond acceptors (Lipinski definition) is 4. The highest BCUT2D eigenvalue weighted by atomic mass is 16.3. The van der Waals surface area contributed by atoms with Crippen LogP contribution < -0.4 is 5.56 Å². The molecule has 0 bridgehead atoms. The first-order chi connectivity index (χ1) is 8.50. The van der Waals surface area contributed by atoms with Crippen LogP contribution in [0, 0.1) is 0 Å². The van der Waals surface area contributed by atoms with Crippen molar-refractivity contribution in [3.63, 3.8) is 0 Å². The molecule has 1 aliphatic carbocycles. The van der Waals surface area contributed by atoms with Gasteiger partial charge in [0.05, 0.1) is 11.8 Å². The van der Waals surface area contributed by atoms with Crippen LogP contribution in [0.3, 0.4) is 0 Å². The molecule has 0 atom stereocenters.